The van der Waals surface area contributed by atoms with Crippen molar-refractivity contribution < 1.29 is 13.2 Å². The lowest BCUT2D eigenvalue weighted by molar-refractivity contribution is -0.119. The molecule has 1 aromatic carbocycles. The van der Waals surface area contributed by atoms with E-state index in [2.05, 4.69) is 4.72 Å². The number of hydrogen-bond donors (Lipinski definition) is 1. The van der Waals surface area contributed by atoms with E-state index < -0.39 is 15.9 Å². The van der Waals surface area contributed by atoms with E-state index in [1.54, 1.807) is 0 Å². The Bertz CT molecular complexity index is 608. The molecule has 0 saturated heterocycles. The highest BCUT2D eigenvalue weighted by atomic mass is 32.2. The molecular weight excluding hydrogens is 286 g/mol. The second-order valence-electron chi connectivity index (χ2n) is 5.59. The van der Waals surface area contributed by atoms with Crippen LogP contribution in [-0.4, -0.2) is 20.1 Å². The van der Waals surface area contributed by atoms with Crippen molar-refractivity contribution in [2.75, 3.05) is 5.75 Å². The Labute approximate surface area is 126 Å². The van der Waals surface area contributed by atoms with Crippen molar-refractivity contribution in [3.05, 3.63) is 48.0 Å². The predicted molar refractivity (Wildman–Crippen MR) is 83.3 cm³/mol. The summed E-state index contributed by atoms with van der Waals surface area (Å²) < 4.78 is 26.3. The van der Waals surface area contributed by atoms with Gasteiger partial charge in [-0.15, -0.1) is 0 Å². The normalized spacial score (nSPS) is 19.4. The molecule has 1 aromatic rings. The number of carbonyl (C=O) groups excluding carboxylic acids is 1. The van der Waals surface area contributed by atoms with Crippen molar-refractivity contribution in [2.45, 2.75) is 32.1 Å². The molecule has 0 saturated carbocycles. The smallest absolute Gasteiger partial charge is 0.235 e. The van der Waals surface area contributed by atoms with Gasteiger partial charge in [0.2, 0.25) is 15.9 Å². The van der Waals surface area contributed by atoms with Crippen LogP contribution >= 0.6 is 0 Å². The minimum Gasteiger partial charge on any atom is -0.274 e. The highest BCUT2D eigenvalue weighted by molar-refractivity contribution is 7.90. The maximum Gasteiger partial charge on any atom is 0.235 e. The van der Waals surface area contributed by atoms with Crippen LogP contribution in [0.25, 0.3) is 0 Å². The van der Waals surface area contributed by atoms with Gasteiger partial charge in [-0.05, 0) is 30.2 Å². The SMILES string of the molecule is C[C@H](CS(=O)(=O)NC(=O)C[C@@H]1C=CCC1)c1ccccc1. The molecule has 0 radical (unpaired) electrons. The van der Waals surface area contributed by atoms with Crippen LogP contribution in [0.2, 0.25) is 0 Å². The Balaban J connectivity index is 1.89. The lowest BCUT2D eigenvalue weighted by atomic mass is 10.0. The Hall–Kier alpha value is -1.62. The van der Waals surface area contributed by atoms with Gasteiger partial charge in [-0.1, -0.05) is 49.4 Å². The van der Waals surface area contributed by atoms with Gasteiger partial charge in [0.15, 0.2) is 0 Å². The molecule has 2 rings (SSSR count). The molecule has 0 unspecified atom stereocenters. The standard InChI is InChI=1S/C16H21NO3S/c1-13(15-9-3-2-4-10-15)12-21(19,20)17-16(18)11-14-7-5-6-8-14/h2-5,7,9-10,13-14H,6,8,11-12H2,1H3,(H,17,18)/t13-,14-/m1/s1. The van der Waals surface area contributed by atoms with Crippen molar-refractivity contribution >= 4 is 15.9 Å². The lowest BCUT2D eigenvalue weighted by Gasteiger charge is -2.14. The van der Waals surface area contributed by atoms with E-state index in [-0.39, 0.29) is 24.0 Å². The molecule has 5 heteroatoms. The molecule has 0 fully saturated rings. The molecule has 0 bridgehead atoms. The molecule has 1 N–H and O–H groups in total. The summed E-state index contributed by atoms with van der Waals surface area (Å²) in [6.07, 6.45) is 6.15. The number of carbonyl (C=O) groups is 1. The van der Waals surface area contributed by atoms with Crippen LogP contribution in [0.5, 0.6) is 0 Å². The van der Waals surface area contributed by atoms with E-state index in [4.69, 9.17) is 0 Å². The molecule has 21 heavy (non-hydrogen) atoms. The van der Waals surface area contributed by atoms with Gasteiger partial charge in [-0.3, -0.25) is 9.52 Å². The maximum absolute atomic E-state index is 12.0. The van der Waals surface area contributed by atoms with Crippen LogP contribution in [0.4, 0.5) is 0 Å². The van der Waals surface area contributed by atoms with Crippen LogP contribution < -0.4 is 4.72 Å². The molecule has 0 aliphatic heterocycles. The lowest BCUT2D eigenvalue weighted by Crippen LogP contribution is -2.34. The van der Waals surface area contributed by atoms with Crippen LogP contribution in [0.1, 0.15) is 37.7 Å². The maximum atomic E-state index is 12.0. The average Bonchev–Trinajstić information content (AvgIpc) is 2.91. The first-order chi connectivity index (χ1) is 9.96. The molecule has 1 aliphatic rings. The predicted octanol–water partition coefficient (Wildman–Crippen LogP) is 2.59. The van der Waals surface area contributed by atoms with E-state index in [1.807, 2.05) is 49.4 Å². The minimum absolute atomic E-state index is 0.0801. The number of hydrogen-bond acceptors (Lipinski definition) is 3. The fraction of sp³-hybridized carbons (Fsp3) is 0.438. The Morgan fingerprint density at radius 3 is 2.67 bits per heavy atom. The van der Waals surface area contributed by atoms with Crippen LogP contribution in [0.15, 0.2) is 42.5 Å². The fourth-order valence-corrected chi connectivity index (χ4v) is 3.93. The van der Waals surface area contributed by atoms with Crippen molar-refractivity contribution in [1.82, 2.24) is 4.72 Å². The van der Waals surface area contributed by atoms with Crippen molar-refractivity contribution in [3.8, 4) is 0 Å². The van der Waals surface area contributed by atoms with Gasteiger partial charge in [-0.25, -0.2) is 8.42 Å². The van der Waals surface area contributed by atoms with Gasteiger partial charge in [0.25, 0.3) is 0 Å². The van der Waals surface area contributed by atoms with Crippen molar-refractivity contribution in [2.24, 2.45) is 5.92 Å². The average molecular weight is 307 g/mol. The highest BCUT2D eigenvalue weighted by Crippen LogP contribution is 2.20. The number of rotatable bonds is 6. The van der Waals surface area contributed by atoms with Gasteiger partial charge in [0.05, 0.1) is 5.75 Å². The summed E-state index contributed by atoms with van der Waals surface area (Å²) in [5.74, 6) is -0.468. The summed E-state index contributed by atoms with van der Waals surface area (Å²) in [7, 11) is -3.59. The zero-order valence-electron chi connectivity index (χ0n) is 12.2. The second-order valence-corrected chi connectivity index (χ2v) is 7.36. The van der Waals surface area contributed by atoms with Gasteiger partial charge in [0.1, 0.15) is 0 Å². The summed E-state index contributed by atoms with van der Waals surface area (Å²) in [4.78, 5) is 11.8. The van der Waals surface area contributed by atoms with Crippen molar-refractivity contribution in [3.63, 3.8) is 0 Å². The number of nitrogens with one attached hydrogen (secondary N) is 1. The van der Waals surface area contributed by atoms with Crippen LogP contribution in [0, 0.1) is 5.92 Å². The molecule has 4 nitrogen and oxygen atoms in total. The second kappa shape index (κ2) is 6.89. The topological polar surface area (TPSA) is 63.2 Å². The van der Waals surface area contributed by atoms with E-state index in [0.717, 1.165) is 18.4 Å². The quantitative estimate of drug-likeness (QED) is 0.822. The highest BCUT2D eigenvalue weighted by Gasteiger charge is 2.21. The zero-order chi connectivity index (χ0) is 15.3. The molecular formula is C16H21NO3S. The molecule has 1 aliphatic carbocycles. The Morgan fingerprint density at radius 2 is 2.05 bits per heavy atom. The molecule has 1 amide bonds. The number of amides is 1. The Morgan fingerprint density at radius 1 is 1.33 bits per heavy atom. The Kier molecular flexibility index (Phi) is 5.17. The van der Waals surface area contributed by atoms with Crippen LogP contribution in [0.3, 0.4) is 0 Å². The summed E-state index contributed by atoms with van der Waals surface area (Å²) >= 11 is 0. The monoisotopic (exact) mass is 307 g/mol. The summed E-state index contributed by atoms with van der Waals surface area (Å²) in [6, 6.07) is 9.44. The first kappa shape index (κ1) is 15.8. The number of sulfonamides is 1. The van der Waals surface area contributed by atoms with E-state index >= 15 is 0 Å². The summed E-state index contributed by atoms with van der Waals surface area (Å²) in [5.41, 5.74) is 0.953. The molecule has 0 aromatic heterocycles. The third-order valence-corrected chi connectivity index (χ3v) is 5.14. The molecule has 0 heterocycles. The van der Waals surface area contributed by atoms with E-state index in [9.17, 15) is 13.2 Å². The van der Waals surface area contributed by atoms with Gasteiger partial charge >= 0.3 is 0 Å². The van der Waals surface area contributed by atoms with Crippen molar-refractivity contribution in [1.29, 1.82) is 0 Å². The fourth-order valence-electron chi connectivity index (χ4n) is 2.57. The first-order valence-electron chi connectivity index (χ1n) is 7.21. The molecule has 2 atom stereocenters. The number of benzene rings is 1. The zero-order valence-corrected chi connectivity index (χ0v) is 13.0. The van der Waals surface area contributed by atoms with Gasteiger partial charge < -0.3 is 0 Å². The van der Waals surface area contributed by atoms with E-state index in [1.165, 1.54) is 0 Å². The van der Waals surface area contributed by atoms with Crippen LogP contribution in [-0.2, 0) is 14.8 Å². The van der Waals surface area contributed by atoms with Gasteiger partial charge in [0, 0.05) is 6.42 Å². The first-order valence-corrected chi connectivity index (χ1v) is 8.86. The number of allylic oxidation sites excluding steroid dienone is 2. The largest absolute Gasteiger partial charge is 0.274 e. The summed E-state index contributed by atoms with van der Waals surface area (Å²) in [5, 5.41) is 0. The summed E-state index contributed by atoms with van der Waals surface area (Å²) in [6.45, 7) is 1.85. The molecule has 114 valence electrons. The third kappa shape index (κ3) is 5.01. The minimum atomic E-state index is -3.59. The van der Waals surface area contributed by atoms with E-state index in [0.29, 0.717) is 0 Å². The third-order valence-electron chi connectivity index (χ3n) is 3.67. The molecule has 0 spiro atoms. The van der Waals surface area contributed by atoms with Gasteiger partial charge in [-0.2, -0.15) is 0 Å².